The zero-order valence-corrected chi connectivity index (χ0v) is 8.19. The van der Waals surface area contributed by atoms with Crippen molar-refractivity contribution < 1.29 is 4.57 Å². The Balaban J connectivity index is 2.83. The van der Waals surface area contributed by atoms with Gasteiger partial charge in [0.15, 0.2) is 5.69 Å². The number of aromatic nitrogens is 1. The van der Waals surface area contributed by atoms with Gasteiger partial charge in [0.2, 0.25) is 0 Å². The molecule has 0 bridgehead atoms. The van der Waals surface area contributed by atoms with Gasteiger partial charge in [-0.2, -0.15) is 4.57 Å². The summed E-state index contributed by atoms with van der Waals surface area (Å²) in [6, 6.07) is 6.54. The van der Waals surface area contributed by atoms with Crippen LogP contribution in [0.3, 0.4) is 0 Å². The summed E-state index contributed by atoms with van der Waals surface area (Å²) in [5, 5.41) is 3.50. The lowest BCUT2D eigenvalue weighted by atomic mass is 10.3. The summed E-state index contributed by atoms with van der Waals surface area (Å²) < 4.78 is 2.35. The zero-order chi connectivity index (χ0) is 8.55. The highest BCUT2D eigenvalue weighted by Gasteiger charge is 2.10. The van der Waals surface area contributed by atoms with Gasteiger partial charge >= 0.3 is 0 Å². The lowest BCUT2D eigenvalue weighted by Crippen LogP contribution is -2.35. The largest absolute Gasteiger partial charge is 0.268 e. The van der Waals surface area contributed by atoms with Crippen LogP contribution in [0.15, 0.2) is 23.6 Å². The molecule has 0 aliphatic rings. The number of pyridine rings is 1. The summed E-state index contributed by atoms with van der Waals surface area (Å²) in [6.07, 6.45) is 0. The second-order valence-corrected chi connectivity index (χ2v) is 3.79. The maximum absolute atomic E-state index is 2.35. The van der Waals surface area contributed by atoms with E-state index in [0.29, 0.717) is 0 Å². The monoisotopic (exact) mass is 178 g/mol. The molecule has 0 radical (unpaired) electrons. The number of hydrogen-bond acceptors (Lipinski definition) is 1. The third-order valence-electron chi connectivity index (χ3n) is 2.17. The SMILES string of the molecule is CC[n+]1c(C)ccc2ccsc21. The first kappa shape index (κ1) is 7.74. The number of fused-ring (bicyclic) bond motifs is 1. The van der Waals surface area contributed by atoms with E-state index in [9.17, 15) is 0 Å². The predicted molar refractivity (Wildman–Crippen MR) is 52.4 cm³/mol. The summed E-state index contributed by atoms with van der Waals surface area (Å²) in [7, 11) is 0. The Morgan fingerprint density at radius 1 is 1.33 bits per heavy atom. The molecular weight excluding hydrogens is 166 g/mol. The van der Waals surface area contributed by atoms with Gasteiger partial charge in [0.1, 0.15) is 6.54 Å². The quantitative estimate of drug-likeness (QED) is 0.591. The third kappa shape index (κ3) is 1.03. The number of rotatable bonds is 1. The highest BCUT2D eigenvalue weighted by Crippen LogP contribution is 2.16. The molecule has 0 saturated carbocycles. The van der Waals surface area contributed by atoms with E-state index < -0.39 is 0 Å². The molecule has 0 N–H and O–H groups in total. The van der Waals surface area contributed by atoms with E-state index in [1.54, 1.807) is 0 Å². The summed E-state index contributed by atoms with van der Waals surface area (Å²) in [5.74, 6) is 0. The number of hydrogen-bond donors (Lipinski definition) is 0. The molecule has 12 heavy (non-hydrogen) atoms. The second-order valence-electron chi connectivity index (χ2n) is 2.90. The van der Waals surface area contributed by atoms with Crippen LogP contribution in [0.4, 0.5) is 0 Å². The van der Waals surface area contributed by atoms with Crippen LogP contribution in [0, 0.1) is 6.92 Å². The first-order chi connectivity index (χ1) is 5.83. The fraction of sp³-hybridized carbons (Fsp3) is 0.300. The van der Waals surface area contributed by atoms with Gasteiger partial charge in [-0.3, -0.25) is 0 Å². The van der Waals surface area contributed by atoms with E-state index in [2.05, 4.69) is 42.0 Å². The fourth-order valence-corrected chi connectivity index (χ4v) is 2.53. The average Bonchev–Trinajstić information content (AvgIpc) is 2.52. The van der Waals surface area contributed by atoms with Gasteiger partial charge < -0.3 is 0 Å². The predicted octanol–water partition coefficient (Wildman–Crippen LogP) is 2.52. The minimum atomic E-state index is 1.06. The molecule has 0 unspecified atom stereocenters. The van der Waals surface area contributed by atoms with Crippen molar-refractivity contribution in [3.63, 3.8) is 0 Å². The minimum Gasteiger partial charge on any atom is -0.187 e. The molecule has 0 saturated heterocycles. The Kier molecular flexibility index (Phi) is 1.85. The van der Waals surface area contributed by atoms with Crippen LogP contribution in [-0.2, 0) is 6.54 Å². The Morgan fingerprint density at radius 2 is 2.17 bits per heavy atom. The third-order valence-corrected chi connectivity index (χ3v) is 3.12. The molecule has 2 aromatic rings. The zero-order valence-electron chi connectivity index (χ0n) is 7.37. The minimum absolute atomic E-state index is 1.06. The molecule has 0 atom stereocenters. The Labute approximate surface area is 76.3 Å². The number of nitrogens with zero attached hydrogens (tertiary/aromatic N) is 1. The van der Waals surface area contributed by atoms with Gasteiger partial charge in [-0.05, 0) is 24.4 Å². The van der Waals surface area contributed by atoms with Gasteiger partial charge in [-0.1, -0.05) is 11.3 Å². The first-order valence-electron chi connectivity index (χ1n) is 4.19. The fourth-order valence-electron chi connectivity index (χ4n) is 1.51. The van der Waals surface area contributed by atoms with E-state index in [1.165, 1.54) is 15.9 Å². The van der Waals surface area contributed by atoms with Crippen LogP contribution >= 0.6 is 11.3 Å². The van der Waals surface area contributed by atoms with Crippen molar-refractivity contribution in [3.8, 4) is 0 Å². The normalized spacial score (nSPS) is 10.8. The Bertz CT molecular complexity index is 403. The van der Waals surface area contributed by atoms with Crippen LogP contribution in [0.5, 0.6) is 0 Å². The van der Waals surface area contributed by atoms with Gasteiger partial charge in [0, 0.05) is 13.0 Å². The highest BCUT2D eigenvalue weighted by molar-refractivity contribution is 7.16. The summed E-state index contributed by atoms with van der Waals surface area (Å²) >= 11 is 1.82. The molecule has 2 heteroatoms. The van der Waals surface area contributed by atoms with Crippen molar-refractivity contribution in [2.45, 2.75) is 20.4 Å². The van der Waals surface area contributed by atoms with E-state index in [1.807, 2.05) is 11.3 Å². The molecule has 0 fully saturated rings. The maximum Gasteiger partial charge on any atom is 0.268 e. The van der Waals surface area contributed by atoms with Gasteiger partial charge in [-0.15, -0.1) is 0 Å². The second kappa shape index (κ2) is 2.87. The topological polar surface area (TPSA) is 3.88 Å². The molecule has 2 rings (SSSR count). The van der Waals surface area contributed by atoms with Crippen LogP contribution in [0.1, 0.15) is 12.6 Å². The van der Waals surface area contributed by atoms with Crippen LogP contribution in [0.2, 0.25) is 0 Å². The van der Waals surface area contributed by atoms with Crippen molar-refractivity contribution in [2.24, 2.45) is 0 Å². The summed E-state index contributed by atoms with van der Waals surface area (Å²) in [5.41, 5.74) is 1.34. The molecule has 0 aromatic carbocycles. The molecule has 0 aliphatic carbocycles. The van der Waals surface area contributed by atoms with Crippen molar-refractivity contribution in [3.05, 3.63) is 29.3 Å². The van der Waals surface area contributed by atoms with E-state index in [4.69, 9.17) is 0 Å². The molecular formula is C10H12NS+. The molecule has 0 aliphatic heterocycles. The van der Waals surface area contributed by atoms with Gasteiger partial charge in [0.05, 0.1) is 5.39 Å². The standard InChI is InChI=1S/C10H12NS/c1-3-11-8(2)4-5-9-6-7-12-10(9)11/h4-7H,3H2,1-2H3/q+1. The summed E-state index contributed by atoms with van der Waals surface area (Å²) in [4.78, 5) is 1.39. The molecule has 1 nitrogen and oxygen atoms in total. The first-order valence-corrected chi connectivity index (χ1v) is 5.07. The van der Waals surface area contributed by atoms with Gasteiger partial charge in [0.25, 0.3) is 4.83 Å². The molecule has 62 valence electrons. The summed E-state index contributed by atoms with van der Waals surface area (Å²) in [6.45, 7) is 5.40. The number of thiophene rings is 1. The Hall–Kier alpha value is -0.890. The number of aryl methyl sites for hydroxylation is 2. The molecule has 0 spiro atoms. The van der Waals surface area contributed by atoms with Crippen LogP contribution < -0.4 is 4.57 Å². The Morgan fingerprint density at radius 3 is 2.92 bits per heavy atom. The maximum atomic E-state index is 2.35. The highest BCUT2D eigenvalue weighted by atomic mass is 32.1. The van der Waals surface area contributed by atoms with Crippen LogP contribution in [-0.4, -0.2) is 0 Å². The average molecular weight is 178 g/mol. The van der Waals surface area contributed by atoms with E-state index >= 15 is 0 Å². The van der Waals surface area contributed by atoms with Crippen molar-refractivity contribution in [1.29, 1.82) is 0 Å². The van der Waals surface area contributed by atoms with Crippen molar-refractivity contribution in [1.82, 2.24) is 0 Å². The molecule has 2 heterocycles. The molecule has 2 aromatic heterocycles. The smallest absolute Gasteiger partial charge is 0.187 e. The van der Waals surface area contributed by atoms with Crippen molar-refractivity contribution in [2.75, 3.05) is 0 Å². The lowest BCUT2D eigenvalue weighted by molar-refractivity contribution is -0.671. The van der Waals surface area contributed by atoms with Crippen LogP contribution in [0.25, 0.3) is 10.2 Å². The van der Waals surface area contributed by atoms with Gasteiger partial charge in [-0.25, -0.2) is 0 Å². The lowest BCUT2D eigenvalue weighted by Gasteiger charge is -1.96. The van der Waals surface area contributed by atoms with Crippen molar-refractivity contribution >= 4 is 21.6 Å². The molecule has 0 amide bonds. The van der Waals surface area contributed by atoms with E-state index in [0.717, 1.165) is 6.54 Å². The van der Waals surface area contributed by atoms with E-state index in [-0.39, 0.29) is 0 Å².